The van der Waals surface area contributed by atoms with Crippen molar-refractivity contribution in [3.8, 4) is 0 Å². The molecule has 0 bridgehead atoms. The smallest absolute Gasteiger partial charge is 0.322 e. The minimum atomic E-state index is -0.132. The summed E-state index contributed by atoms with van der Waals surface area (Å²) in [5, 5.41) is 3.40. The molecule has 1 heterocycles. The average molecular weight is 283 g/mol. The fourth-order valence-corrected chi connectivity index (χ4v) is 2.91. The quantitative estimate of drug-likeness (QED) is 0.697. The van der Waals surface area contributed by atoms with Crippen LogP contribution in [-0.2, 0) is 9.53 Å². The monoisotopic (exact) mass is 283 g/mol. The lowest BCUT2D eigenvalue weighted by atomic mass is 10.0. The topological polar surface area (TPSA) is 44.8 Å². The number of nitrogens with one attached hydrogen (secondary N) is 1. The summed E-state index contributed by atoms with van der Waals surface area (Å²) in [5.41, 5.74) is 0. The van der Waals surface area contributed by atoms with E-state index >= 15 is 0 Å². The highest BCUT2D eigenvalue weighted by atomic mass is 16.5. The predicted octanol–water partition coefficient (Wildman–Crippen LogP) is 0.696. The molecule has 0 aromatic carbocycles. The number of carbonyl (C=O) groups is 1. The summed E-state index contributed by atoms with van der Waals surface area (Å²) in [6, 6.07) is 1.05. The molecule has 0 amide bonds. The van der Waals surface area contributed by atoms with E-state index in [4.69, 9.17) is 4.74 Å². The molecule has 1 aliphatic heterocycles. The molecule has 2 atom stereocenters. The van der Waals surface area contributed by atoms with Crippen molar-refractivity contribution in [3.63, 3.8) is 0 Å². The Bertz CT molecular complexity index is 318. The van der Waals surface area contributed by atoms with Crippen LogP contribution in [0.5, 0.6) is 0 Å². The summed E-state index contributed by atoms with van der Waals surface area (Å²) in [7, 11) is 5.78. The number of piperidine rings is 1. The van der Waals surface area contributed by atoms with Gasteiger partial charge < -0.3 is 19.9 Å². The van der Waals surface area contributed by atoms with Gasteiger partial charge in [0.05, 0.1) is 7.11 Å². The number of carbonyl (C=O) groups excluding carboxylic acids is 1. The number of hydrogen-bond donors (Lipinski definition) is 1. The molecular formula is C15H29N3O2. The zero-order chi connectivity index (χ0) is 14.5. The van der Waals surface area contributed by atoms with Gasteiger partial charge in [0.15, 0.2) is 0 Å². The standard InChI is InChI=1S/C15H29N3O2/c1-17(2)13-5-4-9-18(11-13)10-8-14(15(19)20-3)16-12-6-7-12/h12-14,16H,4-11H2,1-3H3. The molecular weight excluding hydrogens is 254 g/mol. The molecule has 20 heavy (non-hydrogen) atoms. The van der Waals surface area contributed by atoms with Gasteiger partial charge in [0.25, 0.3) is 0 Å². The van der Waals surface area contributed by atoms with Crippen molar-refractivity contribution >= 4 is 5.97 Å². The van der Waals surface area contributed by atoms with Crippen LogP contribution in [0.2, 0.25) is 0 Å². The van der Waals surface area contributed by atoms with Gasteiger partial charge in [-0.25, -0.2) is 0 Å². The highest BCUT2D eigenvalue weighted by Gasteiger charge is 2.30. The zero-order valence-electron chi connectivity index (χ0n) is 13.1. The van der Waals surface area contributed by atoms with Crippen molar-refractivity contribution in [2.75, 3.05) is 40.8 Å². The van der Waals surface area contributed by atoms with Crippen LogP contribution in [0.3, 0.4) is 0 Å². The van der Waals surface area contributed by atoms with Crippen LogP contribution < -0.4 is 5.32 Å². The number of ether oxygens (including phenoxy) is 1. The molecule has 1 saturated carbocycles. The molecule has 1 aliphatic carbocycles. The third-order valence-corrected chi connectivity index (χ3v) is 4.44. The van der Waals surface area contributed by atoms with Gasteiger partial charge in [-0.2, -0.15) is 0 Å². The van der Waals surface area contributed by atoms with Crippen LogP contribution in [0, 0.1) is 0 Å². The van der Waals surface area contributed by atoms with Crippen LogP contribution in [0.15, 0.2) is 0 Å². The van der Waals surface area contributed by atoms with Gasteiger partial charge in [0, 0.05) is 25.2 Å². The largest absolute Gasteiger partial charge is 0.468 e. The molecule has 0 spiro atoms. The minimum absolute atomic E-state index is 0.113. The van der Waals surface area contributed by atoms with Gasteiger partial charge in [-0.15, -0.1) is 0 Å². The Morgan fingerprint density at radius 1 is 1.40 bits per heavy atom. The fraction of sp³-hybridized carbons (Fsp3) is 0.933. The number of nitrogens with zero attached hydrogens (tertiary/aromatic N) is 2. The normalized spacial score (nSPS) is 25.7. The second-order valence-corrected chi connectivity index (χ2v) is 6.37. The number of rotatable bonds is 7. The number of esters is 1. The first-order valence-corrected chi connectivity index (χ1v) is 7.83. The average Bonchev–Trinajstić information content (AvgIpc) is 3.26. The highest BCUT2D eigenvalue weighted by Crippen LogP contribution is 2.21. The van der Waals surface area contributed by atoms with E-state index in [2.05, 4.69) is 29.2 Å². The molecule has 5 nitrogen and oxygen atoms in total. The highest BCUT2D eigenvalue weighted by molar-refractivity contribution is 5.75. The van der Waals surface area contributed by atoms with Gasteiger partial charge in [-0.1, -0.05) is 0 Å². The lowest BCUT2D eigenvalue weighted by Crippen LogP contribution is -2.47. The predicted molar refractivity (Wildman–Crippen MR) is 79.7 cm³/mol. The Balaban J connectivity index is 1.77. The van der Waals surface area contributed by atoms with Crippen LogP contribution in [0.4, 0.5) is 0 Å². The molecule has 116 valence electrons. The van der Waals surface area contributed by atoms with E-state index in [1.807, 2.05) is 0 Å². The number of hydrogen-bond acceptors (Lipinski definition) is 5. The third-order valence-electron chi connectivity index (χ3n) is 4.44. The molecule has 2 fully saturated rings. The Morgan fingerprint density at radius 2 is 2.15 bits per heavy atom. The number of likely N-dealkylation sites (tertiary alicyclic amines) is 1. The first-order valence-electron chi connectivity index (χ1n) is 7.83. The Hall–Kier alpha value is -0.650. The van der Waals surface area contributed by atoms with Crippen LogP contribution in [-0.4, -0.2) is 74.7 Å². The molecule has 2 aliphatic rings. The molecule has 1 N–H and O–H groups in total. The summed E-state index contributed by atoms with van der Waals surface area (Å²) >= 11 is 0. The maximum absolute atomic E-state index is 11.8. The van der Waals surface area contributed by atoms with Gasteiger partial charge in [-0.3, -0.25) is 4.79 Å². The summed E-state index contributed by atoms with van der Waals surface area (Å²) in [6.07, 6.45) is 5.77. The molecule has 2 unspecified atom stereocenters. The third kappa shape index (κ3) is 4.72. The minimum Gasteiger partial charge on any atom is -0.468 e. The van der Waals surface area contributed by atoms with Crippen molar-refractivity contribution < 1.29 is 9.53 Å². The van der Waals surface area contributed by atoms with Crippen molar-refractivity contribution in [2.45, 2.75) is 50.2 Å². The maximum atomic E-state index is 11.8. The maximum Gasteiger partial charge on any atom is 0.322 e. The van der Waals surface area contributed by atoms with E-state index in [9.17, 15) is 4.79 Å². The fourth-order valence-electron chi connectivity index (χ4n) is 2.91. The van der Waals surface area contributed by atoms with Crippen molar-refractivity contribution in [1.29, 1.82) is 0 Å². The summed E-state index contributed by atoms with van der Waals surface area (Å²) < 4.78 is 4.91. The van der Waals surface area contributed by atoms with Gasteiger partial charge in [0.2, 0.25) is 0 Å². The Kier molecular flexibility index (Phi) is 5.81. The van der Waals surface area contributed by atoms with E-state index < -0.39 is 0 Å². The lowest BCUT2D eigenvalue weighted by Gasteiger charge is -2.36. The molecule has 0 aromatic rings. The Labute approximate surface area is 122 Å². The molecule has 0 radical (unpaired) electrons. The Morgan fingerprint density at radius 3 is 2.75 bits per heavy atom. The van der Waals surface area contributed by atoms with E-state index in [1.54, 1.807) is 0 Å². The molecule has 2 rings (SSSR count). The second kappa shape index (κ2) is 7.38. The summed E-state index contributed by atoms with van der Waals surface area (Å²) in [4.78, 5) is 16.6. The first-order chi connectivity index (χ1) is 9.60. The van der Waals surface area contributed by atoms with E-state index in [0.717, 1.165) is 26.1 Å². The number of methoxy groups -OCH3 is 1. The first kappa shape index (κ1) is 15.7. The van der Waals surface area contributed by atoms with Gasteiger partial charge in [-0.05, 0) is 52.7 Å². The van der Waals surface area contributed by atoms with Gasteiger partial charge >= 0.3 is 5.97 Å². The summed E-state index contributed by atoms with van der Waals surface area (Å²) in [6.45, 7) is 3.25. The lowest BCUT2D eigenvalue weighted by molar-refractivity contribution is -0.143. The summed E-state index contributed by atoms with van der Waals surface area (Å²) in [5.74, 6) is -0.113. The molecule has 0 aromatic heterocycles. The van der Waals surface area contributed by atoms with Crippen molar-refractivity contribution in [1.82, 2.24) is 15.1 Å². The van der Waals surface area contributed by atoms with Crippen LogP contribution >= 0.6 is 0 Å². The van der Waals surface area contributed by atoms with E-state index in [-0.39, 0.29) is 12.0 Å². The number of likely N-dealkylation sites (N-methyl/N-ethyl adjacent to an activating group) is 1. The molecule has 1 saturated heterocycles. The van der Waals surface area contributed by atoms with Crippen LogP contribution in [0.1, 0.15) is 32.1 Å². The van der Waals surface area contributed by atoms with E-state index in [1.165, 1.54) is 32.8 Å². The van der Waals surface area contributed by atoms with Gasteiger partial charge in [0.1, 0.15) is 6.04 Å². The SMILES string of the molecule is COC(=O)C(CCN1CCCC(N(C)C)C1)NC1CC1. The van der Waals surface area contributed by atoms with Crippen molar-refractivity contribution in [2.24, 2.45) is 0 Å². The zero-order valence-corrected chi connectivity index (χ0v) is 13.1. The second-order valence-electron chi connectivity index (χ2n) is 6.37. The van der Waals surface area contributed by atoms with Crippen molar-refractivity contribution in [3.05, 3.63) is 0 Å². The molecule has 5 heteroatoms. The van der Waals surface area contributed by atoms with Crippen LogP contribution in [0.25, 0.3) is 0 Å². The van der Waals surface area contributed by atoms with E-state index in [0.29, 0.717) is 12.1 Å².